The van der Waals surface area contributed by atoms with Crippen molar-refractivity contribution in [1.82, 2.24) is 0 Å². The molecule has 0 aromatic carbocycles. The Bertz CT molecular complexity index is 107. The molecule has 0 aliphatic carbocycles. The molecule has 0 heterocycles. The number of rotatable bonds is 7. The minimum atomic E-state index is 0.744. The summed E-state index contributed by atoms with van der Waals surface area (Å²) in [6, 6.07) is 0. The van der Waals surface area contributed by atoms with E-state index < -0.39 is 0 Å². The van der Waals surface area contributed by atoms with Crippen molar-refractivity contribution < 1.29 is 15.0 Å². The van der Waals surface area contributed by atoms with Crippen LogP contribution in [0.1, 0.15) is 45.4 Å². The molecule has 0 bridgehead atoms. The topological polar surface area (TPSA) is 23.8 Å². The molecule has 1 nitrogen and oxygen atoms in total. The third-order valence-corrected chi connectivity index (χ3v) is 2.46. The van der Waals surface area contributed by atoms with E-state index in [2.05, 4.69) is 11.9 Å². The monoisotopic (exact) mass is 195 g/mol. The van der Waals surface area contributed by atoms with E-state index in [1.54, 1.807) is 0 Å². The van der Waals surface area contributed by atoms with Crippen molar-refractivity contribution in [1.29, 1.82) is 5.26 Å². The first-order valence-corrected chi connectivity index (χ1v) is 5.69. The van der Waals surface area contributed by atoms with E-state index in [1.165, 1.54) is 38.5 Å². The van der Waals surface area contributed by atoms with Crippen LogP contribution in [0, 0.1) is 10.2 Å². The van der Waals surface area contributed by atoms with Gasteiger partial charge in [-0.1, -0.05) is 0 Å². The number of nitriles is 1. The first kappa shape index (κ1) is 11.0. The first-order valence-electron chi connectivity index (χ1n) is 4.36. The molecule has 0 unspecified atom stereocenters. The van der Waals surface area contributed by atoms with Crippen LogP contribution in [0.4, 0.5) is 0 Å². The fourth-order valence-corrected chi connectivity index (χ4v) is 1.57. The molecule has 11 heavy (non-hydrogen) atoms. The van der Waals surface area contributed by atoms with E-state index in [0.29, 0.717) is 0 Å². The quantitative estimate of drug-likeness (QED) is 0.451. The average Bonchev–Trinajstić information content (AvgIpc) is 2.03. The van der Waals surface area contributed by atoms with Gasteiger partial charge in [-0.3, -0.25) is 0 Å². The van der Waals surface area contributed by atoms with Crippen molar-refractivity contribution in [2.45, 2.75) is 50.8 Å². The molecule has 2 heteroatoms. The normalized spacial score (nSPS) is 9.82. The Hall–Kier alpha value is 0.00948. The van der Waals surface area contributed by atoms with Gasteiger partial charge in [0, 0.05) is 0 Å². The van der Waals surface area contributed by atoms with Crippen molar-refractivity contribution >= 4 is 0 Å². The van der Waals surface area contributed by atoms with E-state index in [9.17, 15) is 0 Å². The molecule has 0 fully saturated rings. The van der Waals surface area contributed by atoms with Gasteiger partial charge in [0.15, 0.2) is 0 Å². The van der Waals surface area contributed by atoms with Crippen molar-refractivity contribution in [3.05, 3.63) is 0 Å². The third-order valence-electron chi connectivity index (χ3n) is 1.62. The molecular formula is C9H17FeN. The summed E-state index contributed by atoms with van der Waals surface area (Å²) >= 11 is 0.744. The SMILES string of the molecule is CCCCCCC[CH2][Fe][C]#N. The summed E-state index contributed by atoms with van der Waals surface area (Å²) in [5, 5.41) is 9.36. The molecule has 0 aliphatic heterocycles. The van der Waals surface area contributed by atoms with Gasteiger partial charge in [0.2, 0.25) is 0 Å². The number of unbranched alkanes of at least 4 members (excludes halogenated alkanes) is 5. The summed E-state index contributed by atoms with van der Waals surface area (Å²) in [5.41, 5.74) is 0. The second kappa shape index (κ2) is 10.0. The van der Waals surface area contributed by atoms with Crippen molar-refractivity contribution in [3.8, 4) is 4.97 Å². The zero-order valence-corrected chi connectivity index (χ0v) is 8.35. The second-order valence-electron chi connectivity index (χ2n) is 2.65. The van der Waals surface area contributed by atoms with Gasteiger partial charge in [0.1, 0.15) is 0 Å². The van der Waals surface area contributed by atoms with Gasteiger partial charge in [0.25, 0.3) is 0 Å². The molecule has 0 aromatic rings. The maximum atomic E-state index is 8.26. The number of hydrogen-bond donors (Lipinski definition) is 0. The Balaban J connectivity index is 2.75. The first-order chi connectivity index (χ1) is 5.41. The van der Waals surface area contributed by atoms with Crippen LogP contribution in [0.2, 0.25) is 5.32 Å². The molecule has 0 N–H and O–H groups in total. The molecule has 66 valence electrons. The summed E-state index contributed by atoms with van der Waals surface area (Å²) in [6.45, 7) is 2.23. The van der Waals surface area contributed by atoms with Crippen molar-refractivity contribution in [3.63, 3.8) is 0 Å². The predicted molar refractivity (Wildman–Crippen MR) is 43.8 cm³/mol. The van der Waals surface area contributed by atoms with Gasteiger partial charge in [-0.25, -0.2) is 0 Å². The molecule has 0 spiro atoms. The standard InChI is InChI=1S/C8H17.CN.Fe/c1-3-5-7-8-6-4-2;1-2;/h1,3-8H2,2H3;;. The van der Waals surface area contributed by atoms with Gasteiger partial charge in [-0.05, 0) is 0 Å². The van der Waals surface area contributed by atoms with E-state index in [1.807, 2.05) is 0 Å². The molecule has 0 saturated heterocycles. The zero-order valence-electron chi connectivity index (χ0n) is 7.25. The minimum absolute atomic E-state index is 0.744. The van der Waals surface area contributed by atoms with Crippen molar-refractivity contribution in [2.75, 3.05) is 0 Å². The van der Waals surface area contributed by atoms with Gasteiger partial charge in [-0.15, -0.1) is 0 Å². The second-order valence-corrected chi connectivity index (χ2v) is 3.84. The van der Waals surface area contributed by atoms with Crippen LogP contribution < -0.4 is 0 Å². The number of hydrogen-bond acceptors (Lipinski definition) is 1. The fourth-order valence-electron chi connectivity index (χ4n) is 0.971. The number of nitrogens with zero attached hydrogens (tertiary/aromatic N) is 1. The Labute approximate surface area is 76.3 Å². The molecular weight excluding hydrogens is 178 g/mol. The van der Waals surface area contributed by atoms with Crippen LogP contribution in [0.5, 0.6) is 0 Å². The van der Waals surface area contributed by atoms with E-state index >= 15 is 0 Å². The Morgan fingerprint density at radius 2 is 1.73 bits per heavy atom. The Morgan fingerprint density at radius 3 is 2.36 bits per heavy atom. The molecule has 0 atom stereocenters. The van der Waals surface area contributed by atoms with Gasteiger partial charge in [-0.2, -0.15) is 0 Å². The van der Waals surface area contributed by atoms with Gasteiger partial charge >= 0.3 is 76.0 Å². The summed E-state index contributed by atoms with van der Waals surface area (Å²) in [6.07, 6.45) is 8.00. The molecule has 0 aromatic heterocycles. The van der Waals surface area contributed by atoms with E-state index in [4.69, 9.17) is 5.26 Å². The van der Waals surface area contributed by atoms with Gasteiger partial charge in [0.05, 0.1) is 0 Å². The molecule has 0 radical (unpaired) electrons. The summed E-state index contributed by atoms with van der Waals surface area (Å²) in [7, 11) is 0. The summed E-state index contributed by atoms with van der Waals surface area (Å²) < 4.78 is 0. The predicted octanol–water partition coefficient (Wildman–Crippen LogP) is 3.33. The maximum absolute atomic E-state index is 8.26. The molecule has 0 amide bonds. The molecule has 0 rings (SSSR count). The van der Waals surface area contributed by atoms with Crippen LogP contribution in [0.25, 0.3) is 0 Å². The summed E-state index contributed by atoms with van der Waals surface area (Å²) in [5.74, 6) is 0. The van der Waals surface area contributed by atoms with Crippen molar-refractivity contribution in [2.24, 2.45) is 0 Å². The molecule has 0 saturated carbocycles. The van der Waals surface area contributed by atoms with Crippen LogP contribution in [-0.2, 0) is 15.0 Å². The Kier molecular flexibility index (Phi) is 10.0. The molecule has 0 aliphatic rings. The zero-order chi connectivity index (χ0) is 8.36. The van der Waals surface area contributed by atoms with Crippen LogP contribution in [-0.4, -0.2) is 0 Å². The van der Waals surface area contributed by atoms with E-state index in [-0.39, 0.29) is 0 Å². The summed E-state index contributed by atoms with van der Waals surface area (Å²) in [4.78, 5) is 2.17. The Morgan fingerprint density at radius 1 is 1.09 bits per heavy atom. The average molecular weight is 195 g/mol. The van der Waals surface area contributed by atoms with Crippen LogP contribution >= 0.6 is 0 Å². The third kappa shape index (κ3) is 10.0. The van der Waals surface area contributed by atoms with E-state index in [0.717, 1.165) is 20.3 Å². The van der Waals surface area contributed by atoms with Crippen LogP contribution in [0.3, 0.4) is 0 Å². The fraction of sp³-hybridized carbons (Fsp3) is 0.889. The van der Waals surface area contributed by atoms with Gasteiger partial charge < -0.3 is 0 Å². The van der Waals surface area contributed by atoms with Crippen LogP contribution in [0.15, 0.2) is 0 Å².